The van der Waals surface area contributed by atoms with E-state index in [0.717, 1.165) is 50.2 Å². The van der Waals surface area contributed by atoms with Gasteiger partial charge in [0.25, 0.3) is 0 Å². The monoisotopic (exact) mass is 341 g/mol. The summed E-state index contributed by atoms with van der Waals surface area (Å²) in [5.74, 6) is 1.73. The second-order valence-electron chi connectivity index (χ2n) is 6.89. The minimum absolute atomic E-state index is 0.0119. The van der Waals surface area contributed by atoms with Crippen LogP contribution in [0.5, 0.6) is 0 Å². The second-order valence-corrected chi connectivity index (χ2v) is 6.89. The summed E-state index contributed by atoms with van der Waals surface area (Å²) in [5, 5.41) is 3.98. The van der Waals surface area contributed by atoms with Crippen molar-refractivity contribution < 1.29 is 9.32 Å². The lowest BCUT2D eigenvalue weighted by Gasteiger charge is -2.35. The number of piperidine rings is 1. The fourth-order valence-electron chi connectivity index (χ4n) is 3.92. The second kappa shape index (κ2) is 6.82. The maximum absolute atomic E-state index is 13.2. The van der Waals surface area contributed by atoms with E-state index >= 15 is 0 Å². The van der Waals surface area contributed by atoms with Crippen molar-refractivity contribution in [3.8, 4) is 0 Å². The average molecular weight is 341 g/mol. The minimum atomic E-state index is -0.0119. The highest BCUT2D eigenvalue weighted by atomic mass is 16.5. The highest BCUT2D eigenvalue weighted by Crippen LogP contribution is 2.34. The van der Waals surface area contributed by atoms with Gasteiger partial charge in [-0.15, -0.1) is 0 Å². The zero-order valence-electron chi connectivity index (χ0n) is 14.5. The molecule has 0 aromatic carbocycles. The third-order valence-corrected chi connectivity index (χ3v) is 5.12. The number of rotatable bonds is 3. The molecule has 2 saturated heterocycles. The highest BCUT2D eigenvalue weighted by Gasteiger charge is 2.37. The van der Waals surface area contributed by atoms with Crippen molar-refractivity contribution >= 4 is 11.9 Å². The number of anilines is 1. The lowest BCUT2D eigenvalue weighted by molar-refractivity contribution is -0.137. The largest absolute Gasteiger partial charge is 0.359 e. The van der Waals surface area contributed by atoms with Gasteiger partial charge in [-0.3, -0.25) is 4.79 Å². The van der Waals surface area contributed by atoms with Gasteiger partial charge in [-0.25, -0.2) is 9.97 Å². The Balaban J connectivity index is 1.48. The van der Waals surface area contributed by atoms with Crippen LogP contribution >= 0.6 is 0 Å². The van der Waals surface area contributed by atoms with Crippen LogP contribution in [0.3, 0.4) is 0 Å². The van der Waals surface area contributed by atoms with E-state index in [1.165, 1.54) is 0 Å². The molecule has 132 valence electrons. The van der Waals surface area contributed by atoms with Crippen molar-refractivity contribution in [3.05, 3.63) is 36.0 Å². The van der Waals surface area contributed by atoms with Crippen molar-refractivity contribution in [1.29, 1.82) is 0 Å². The predicted octanol–water partition coefficient (Wildman–Crippen LogP) is 2.35. The maximum Gasteiger partial charge on any atom is 0.228 e. The summed E-state index contributed by atoms with van der Waals surface area (Å²) < 4.78 is 5.43. The molecule has 2 aliphatic heterocycles. The number of amides is 1. The van der Waals surface area contributed by atoms with Crippen LogP contribution in [0.25, 0.3) is 0 Å². The van der Waals surface area contributed by atoms with Crippen LogP contribution in [0.15, 0.2) is 29.0 Å². The molecule has 7 heteroatoms. The molecule has 2 fully saturated rings. The van der Waals surface area contributed by atoms with Crippen molar-refractivity contribution in [2.75, 3.05) is 24.5 Å². The third-order valence-electron chi connectivity index (χ3n) is 5.12. The van der Waals surface area contributed by atoms with Crippen molar-refractivity contribution in [3.63, 3.8) is 0 Å². The van der Waals surface area contributed by atoms with Gasteiger partial charge in [-0.2, -0.15) is 0 Å². The number of aryl methyl sites for hydroxylation is 1. The summed E-state index contributed by atoms with van der Waals surface area (Å²) in [4.78, 5) is 25.9. The number of nitrogens with zero attached hydrogens (tertiary/aromatic N) is 5. The van der Waals surface area contributed by atoms with Crippen molar-refractivity contribution in [2.45, 2.75) is 38.6 Å². The van der Waals surface area contributed by atoms with E-state index in [-0.39, 0.29) is 17.9 Å². The van der Waals surface area contributed by atoms with Crippen LogP contribution in [0.4, 0.5) is 5.95 Å². The first-order chi connectivity index (χ1) is 12.2. The van der Waals surface area contributed by atoms with E-state index in [0.29, 0.717) is 12.5 Å². The van der Waals surface area contributed by atoms with Gasteiger partial charge in [0.1, 0.15) is 0 Å². The molecule has 25 heavy (non-hydrogen) atoms. The molecule has 0 aliphatic carbocycles. The molecule has 2 atom stereocenters. The van der Waals surface area contributed by atoms with Crippen LogP contribution < -0.4 is 4.90 Å². The van der Waals surface area contributed by atoms with E-state index < -0.39 is 0 Å². The third kappa shape index (κ3) is 3.23. The first-order valence-corrected chi connectivity index (χ1v) is 8.98. The van der Waals surface area contributed by atoms with Gasteiger partial charge in [0.2, 0.25) is 11.9 Å². The van der Waals surface area contributed by atoms with Crippen LogP contribution in [-0.2, 0) is 4.79 Å². The van der Waals surface area contributed by atoms with Crippen molar-refractivity contribution in [2.24, 2.45) is 5.92 Å². The lowest BCUT2D eigenvalue weighted by atomic mass is 9.96. The van der Waals surface area contributed by atoms with Gasteiger partial charge in [0.15, 0.2) is 5.76 Å². The highest BCUT2D eigenvalue weighted by molar-refractivity contribution is 5.80. The average Bonchev–Trinajstić information content (AvgIpc) is 3.30. The zero-order chi connectivity index (χ0) is 17.2. The Kier molecular flexibility index (Phi) is 4.38. The predicted molar refractivity (Wildman–Crippen MR) is 91.9 cm³/mol. The fourth-order valence-corrected chi connectivity index (χ4v) is 3.92. The normalized spacial score (nSPS) is 23.9. The summed E-state index contributed by atoms with van der Waals surface area (Å²) >= 11 is 0. The number of aromatic nitrogens is 3. The van der Waals surface area contributed by atoms with Crippen LogP contribution in [0, 0.1) is 12.8 Å². The van der Waals surface area contributed by atoms with Crippen LogP contribution in [0.1, 0.15) is 43.2 Å². The zero-order valence-corrected chi connectivity index (χ0v) is 14.5. The molecule has 4 rings (SSSR count). The summed E-state index contributed by atoms with van der Waals surface area (Å²) in [6, 6.07) is 3.78. The van der Waals surface area contributed by atoms with E-state index in [1.54, 1.807) is 12.4 Å². The standard InChI is InChI=1S/C18H23N5O2/c1-13-11-16(25-21-13)15-6-3-10-23(15)17(24)14-5-2-9-22(12-14)18-19-7-4-8-20-18/h4,7-8,11,14-15H,2-3,5-6,9-10,12H2,1H3. The number of hydrogen-bond acceptors (Lipinski definition) is 6. The topological polar surface area (TPSA) is 75.4 Å². The summed E-state index contributed by atoms with van der Waals surface area (Å²) in [7, 11) is 0. The first kappa shape index (κ1) is 16.1. The molecule has 1 amide bonds. The first-order valence-electron chi connectivity index (χ1n) is 8.98. The summed E-state index contributed by atoms with van der Waals surface area (Å²) in [5.41, 5.74) is 0.861. The Labute approximate surface area is 147 Å². The van der Waals surface area contributed by atoms with E-state index in [9.17, 15) is 4.79 Å². The van der Waals surface area contributed by atoms with Crippen LogP contribution in [-0.4, -0.2) is 45.6 Å². The molecule has 0 spiro atoms. The SMILES string of the molecule is Cc1cc(C2CCCN2C(=O)C2CCCN(c3ncccn3)C2)on1. The van der Waals surface area contributed by atoms with Gasteiger partial charge in [-0.05, 0) is 38.7 Å². The van der Waals surface area contributed by atoms with E-state index in [1.807, 2.05) is 24.0 Å². The lowest BCUT2D eigenvalue weighted by Crippen LogP contribution is -2.45. The van der Waals surface area contributed by atoms with Gasteiger partial charge in [-0.1, -0.05) is 5.16 Å². The molecule has 4 heterocycles. The molecule has 0 saturated carbocycles. The summed E-state index contributed by atoms with van der Waals surface area (Å²) in [6.45, 7) is 4.29. The Hall–Kier alpha value is -2.44. The van der Waals surface area contributed by atoms with Crippen molar-refractivity contribution in [1.82, 2.24) is 20.0 Å². The number of hydrogen-bond donors (Lipinski definition) is 0. The molecule has 7 nitrogen and oxygen atoms in total. The number of carbonyl (C=O) groups is 1. The Morgan fingerprint density at radius 1 is 1.20 bits per heavy atom. The molecule has 2 aromatic rings. The van der Waals surface area contributed by atoms with Gasteiger partial charge >= 0.3 is 0 Å². The molecular weight excluding hydrogens is 318 g/mol. The Morgan fingerprint density at radius 2 is 2.00 bits per heavy atom. The smallest absolute Gasteiger partial charge is 0.228 e. The van der Waals surface area contributed by atoms with Gasteiger partial charge < -0.3 is 14.3 Å². The quantitative estimate of drug-likeness (QED) is 0.853. The van der Waals surface area contributed by atoms with Crippen LogP contribution in [0.2, 0.25) is 0 Å². The molecule has 2 aliphatic rings. The molecular formula is C18H23N5O2. The molecule has 0 N–H and O–H groups in total. The van der Waals surface area contributed by atoms with E-state index in [2.05, 4.69) is 20.0 Å². The number of carbonyl (C=O) groups excluding carboxylic acids is 1. The maximum atomic E-state index is 13.2. The number of likely N-dealkylation sites (tertiary alicyclic amines) is 1. The molecule has 2 unspecified atom stereocenters. The Morgan fingerprint density at radius 3 is 2.76 bits per heavy atom. The molecule has 2 aromatic heterocycles. The molecule has 0 bridgehead atoms. The summed E-state index contributed by atoms with van der Waals surface area (Å²) in [6.07, 6.45) is 7.34. The van der Waals surface area contributed by atoms with Gasteiger partial charge in [0, 0.05) is 38.1 Å². The van der Waals surface area contributed by atoms with Gasteiger partial charge in [0.05, 0.1) is 17.7 Å². The minimum Gasteiger partial charge on any atom is -0.359 e. The Bertz CT molecular complexity index is 732. The molecule has 0 radical (unpaired) electrons. The fraction of sp³-hybridized carbons (Fsp3) is 0.556. The van der Waals surface area contributed by atoms with E-state index in [4.69, 9.17) is 4.52 Å².